The third-order valence-electron chi connectivity index (χ3n) is 6.89. The number of aromatic nitrogens is 2. The van der Waals surface area contributed by atoms with Crippen molar-refractivity contribution in [1.29, 1.82) is 0 Å². The number of benzene rings is 4. The van der Waals surface area contributed by atoms with Crippen LogP contribution in [-0.4, -0.2) is 34.5 Å². The van der Waals surface area contributed by atoms with E-state index in [4.69, 9.17) is 18.6 Å². The third-order valence-corrected chi connectivity index (χ3v) is 6.89. The van der Waals surface area contributed by atoms with Gasteiger partial charge in [0.2, 0.25) is 11.6 Å². The first-order chi connectivity index (χ1) is 21.9. The Balaban J connectivity index is 1.45. The molecule has 4 aromatic carbocycles. The Morgan fingerprint density at radius 2 is 1.80 bits per heavy atom. The van der Waals surface area contributed by atoms with Gasteiger partial charge in [0.15, 0.2) is 11.5 Å². The van der Waals surface area contributed by atoms with Crippen LogP contribution in [-0.2, 0) is 6.61 Å². The molecule has 0 atom stereocenters. The highest BCUT2D eigenvalue weighted by molar-refractivity contribution is 5.89. The average Bonchev–Trinajstić information content (AvgIpc) is 3.49. The van der Waals surface area contributed by atoms with Crippen LogP contribution in [0.5, 0.6) is 17.2 Å². The molecule has 6 aromatic rings. The quantitative estimate of drug-likeness (QED) is 0.0951. The van der Waals surface area contributed by atoms with Gasteiger partial charge in [-0.2, -0.15) is 9.78 Å². The van der Waals surface area contributed by atoms with E-state index in [1.807, 2.05) is 0 Å². The molecule has 2 heterocycles. The van der Waals surface area contributed by atoms with Crippen LogP contribution in [0.25, 0.3) is 33.5 Å². The third kappa shape index (κ3) is 5.80. The number of ether oxygens (including phenoxy) is 3. The Kier molecular flexibility index (Phi) is 7.93. The summed E-state index contributed by atoms with van der Waals surface area (Å²) in [5.74, 6) is 0.561. The summed E-state index contributed by atoms with van der Waals surface area (Å²) in [6.45, 7) is 1.86. The number of furan rings is 1. The largest absolute Gasteiger partial charge is 0.496 e. The molecule has 2 aromatic heterocycles. The normalized spacial score (nSPS) is 11.4. The second kappa shape index (κ2) is 12.3. The number of hydrogen-bond donors (Lipinski definition) is 0. The molecule has 0 aliphatic rings. The highest BCUT2D eigenvalue weighted by atomic mass is 19.1. The predicted octanol–water partition coefficient (Wildman–Crippen LogP) is 6.73. The summed E-state index contributed by atoms with van der Waals surface area (Å²) >= 11 is 0. The van der Waals surface area contributed by atoms with Crippen LogP contribution in [0, 0.1) is 15.9 Å². The minimum absolute atomic E-state index is 0.0571. The molecule has 0 unspecified atom stereocenters. The van der Waals surface area contributed by atoms with Gasteiger partial charge in [0.05, 0.1) is 41.1 Å². The van der Waals surface area contributed by atoms with E-state index in [2.05, 4.69) is 10.1 Å². The Labute approximate surface area is 254 Å². The Morgan fingerprint density at radius 3 is 2.56 bits per heavy atom. The summed E-state index contributed by atoms with van der Waals surface area (Å²) in [5.41, 5.74) is 0.981. The smallest absolute Gasteiger partial charge is 0.315 e. The second-order valence-corrected chi connectivity index (χ2v) is 9.77. The number of para-hydroxylation sites is 1. The molecule has 0 amide bonds. The first-order valence-corrected chi connectivity index (χ1v) is 13.8. The van der Waals surface area contributed by atoms with Crippen LogP contribution in [0.1, 0.15) is 18.1 Å². The van der Waals surface area contributed by atoms with Gasteiger partial charge in [-0.15, -0.1) is 0 Å². The van der Waals surface area contributed by atoms with Crippen molar-refractivity contribution in [3.63, 3.8) is 0 Å². The number of nitro groups is 1. The van der Waals surface area contributed by atoms with Crippen molar-refractivity contribution in [1.82, 2.24) is 9.66 Å². The number of fused-ring (bicyclic) bond motifs is 2. The van der Waals surface area contributed by atoms with Crippen molar-refractivity contribution < 1.29 is 27.9 Å². The fourth-order valence-electron chi connectivity index (χ4n) is 4.80. The SMILES string of the molecule is CCOc1cc(C=Nn2c(-c3cc4c(OC)cccc4o3)nc3ccccc3c2=O)cc([N+](=O)[O-])c1OCc1ccc(F)cc1. The highest BCUT2D eigenvalue weighted by Crippen LogP contribution is 2.39. The molecule has 11 nitrogen and oxygen atoms in total. The lowest BCUT2D eigenvalue weighted by Gasteiger charge is -2.13. The van der Waals surface area contributed by atoms with Gasteiger partial charge in [0.1, 0.15) is 23.8 Å². The Hall–Kier alpha value is -6.04. The molecule has 0 bridgehead atoms. The fourth-order valence-corrected chi connectivity index (χ4v) is 4.80. The summed E-state index contributed by atoms with van der Waals surface area (Å²) in [4.78, 5) is 29.9. The van der Waals surface area contributed by atoms with Crippen LogP contribution in [0.15, 0.2) is 99.2 Å². The average molecular weight is 609 g/mol. The molecule has 0 saturated heterocycles. The lowest BCUT2D eigenvalue weighted by atomic mass is 10.1. The van der Waals surface area contributed by atoms with Gasteiger partial charge in [-0.05, 0) is 61.0 Å². The van der Waals surface area contributed by atoms with Crippen molar-refractivity contribution in [3.8, 4) is 28.8 Å². The van der Waals surface area contributed by atoms with Gasteiger partial charge in [0.25, 0.3) is 5.56 Å². The molecular weight excluding hydrogens is 583 g/mol. The van der Waals surface area contributed by atoms with Crippen LogP contribution >= 0.6 is 0 Å². The van der Waals surface area contributed by atoms with E-state index in [9.17, 15) is 19.3 Å². The topological polar surface area (TPSA) is 131 Å². The molecular formula is C33H25FN4O7. The summed E-state index contributed by atoms with van der Waals surface area (Å²) < 4.78 is 37.4. The van der Waals surface area contributed by atoms with Crippen molar-refractivity contribution in [2.75, 3.05) is 13.7 Å². The maximum atomic E-state index is 13.7. The number of nitro benzene ring substituents is 1. The Morgan fingerprint density at radius 1 is 1.00 bits per heavy atom. The lowest BCUT2D eigenvalue weighted by molar-refractivity contribution is -0.386. The lowest BCUT2D eigenvalue weighted by Crippen LogP contribution is -2.20. The van der Waals surface area contributed by atoms with Crippen molar-refractivity contribution in [2.45, 2.75) is 13.5 Å². The van der Waals surface area contributed by atoms with E-state index in [0.29, 0.717) is 33.2 Å². The van der Waals surface area contributed by atoms with Crippen molar-refractivity contribution in [2.24, 2.45) is 5.10 Å². The predicted molar refractivity (Wildman–Crippen MR) is 166 cm³/mol. The molecule has 6 rings (SSSR count). The van der Waals surface area contributed by atoms with E-state index < -0.39 is 16.3 Å². The summed E-state index contributed by atoms with van der Waals surface area (Å²) in [6.07, 6.45) is 1.30. The molecule has 0 spiro atoms. The number of methoxy groups -OCH3 is 1. The molecule has 0 radical (unpaired) electrons. The van der Waals surface area contributed by atoms with Gasteiger partial charge < -0.3 is 18.6 Å². The van der Waals surface area contributed by atoms with E-state index in [1.54, 1.807) is 62.6 Å². The first-order valence-electron chi connectivity index (χ1n) is 13.8. The van der Waals surface area contributed by atoms with E-state index in [0.717, 1.165) is 4.68 Å². The van der Waals surface area contributed by atoms with E-state index in [-0.39, 0.29) is 47.5 Å². The van der Waals surface area contributed by atoms with Crippen molar-refractivity contribution >= 4 is 33.8 Å². The molecule has 12 heteroatoms. The summed E-state index contributed by atoms with van der Waals surface area (Å²) in [5, 5.41) is 17.5. The second-order valence-electron chi connectivity index (χ2n) is 9.77. The summed E-state index contributed by atoms with van der Waals surface area (Å²) in [6, 6.07) is 22.2. The Bertz CT molecular complexity index is 2140. The van der Waals surface area contributed by atoms with Gasteiger partial charge in [0, 0.05) is 11.6 Å². The molecule has 0 N–H and O–H groups in total. The fraction of sp³-hybridized carbons (Fsp3) is 0.121. The highest BCUT2D eigenvalue weighted by Gasteiger charge is 2.23. The zero-order chi connectivity index (χ0) is 31.5. The maximum Gasteiger partial charge on any atom is 0.315 e. The van der Waals surface area contributed by atoms with Crippen LogP contribution in [0.2, 0.25) is 0 Å². The minimum atomic E-state index is -0.600. The van der Waals surface area contributed by atoms with E-state index in [1.165, 1.54) is 42.6 Å². The zero-order valence-electron chi connectivity index (χ0n) is 24.1. The van der Waals surface area contributed by atoms with Gasteiger partial charge in [-0.25, -0.2) is 9.37 Å². The number of hydrogen-bond acceptors (Lipinski definition) is 9. The van der Waals surface area contributed by atoms with Crippen LogP contribution in [0.3, 0.4) is 0 Å². The molecule has 226 valence electrons. The first kappa shape index (κ1) is 29.1. The number of halogens is 1. The maximum absolute atomic E-state index is 13.7. The number of rotatable bonds is 10. The summed E-state index contributed by atoms with van der Waals surface area (Å²) in [7, 11) is 1.55. The monoisotopic (exact) mass is 608 g/mol. The molecule has 0 saturated carbocycles. The minimum Gasteiger partial charge on any atom is -0.496 e. The molecule has 0 aliphatic carbocycles. The van der Waals surface area contributed by atoms with Gasteiger partial charge >= 0.3 is 5.69 Å². The number of nitrogens with zero attached hydrogens (tertiary/aromatic N) is 4. The molecule has 45 heavy (non-hydrogen) atoms. The van der Waals surface area contributed by atoms with E-state index >= 15 is 0 Å². The molecule has 0 aliphatic heterocycles. The van der Waals surface area contributed by atoms with Crippen LogP contribution in [0.4, 0.5) is 10.1 Å². The van der Waals surface area contributed by atoms with Gasteiger partial charge in [-0.1, -0.05) is 30.3 Å². The van der Waals surface area contributed by atoms with Crippen LogP contribution < -0.4 is 19.8 Å². The van der Waals surface area contributed by atoms with Crippen molar-refractivity contribution in [3.05, 3.63) is 122 Å². The standard InChI is InChI=1S/C33H25FN4O7/c1-3-43-29-16-21(15-26(38(40)41)31(29)44-19-20-11-13-22(34)14-12-20)18-35-37-32(36-25-8-5-4-7-23(25)33(37)39)30-17-24-27(42-2)9-6-10-28(24)45-30/h4-18H,3,19H2,1-2H3. The zero-order valence-corrected chi connectivity index (χ0v) is 24.1. The molecule has 0 fully saturated rings. The van der Waals surface area contributed by atoms with Gasteiger partial charge in [-0.3, -0.25) is 14.9 Å².